The van der Waals surface area contributed by atoms with Crippen LogP contribution in [0.1, 0.15) is 50.3 Å². The highest BCUT2D eigenvalue weighted by Gasteiger charge is 2.66. The number of nitrogens with one attached hydrogen (secondary N) is 2. The van der Waals surface area contributed by atoms with Crippen LogP contribution in [0.5, 0.6) is 0 Å². The van der Waals surface area contributed by atoms with Crippen LogP contribution in [0.15, 0.2) is 22.5 Å². The van der Waals surface area contributed by atoms with Gasteiger partial charge in [-0.25, -0.2) is 0 Å². The first kappa shape index (κ1) is 19.4. The molecule has 1 aliphatic heterocycles. The van der Waals surface area contributed by atoms with Gasteiger partial charge in [0, 0.05) is 41.3 Å². The van der Waals surface area contributed by atoms with E-state index in [1.807, 2.05) is 11.3 Å². The summed E-state index contributed by atoms with van der Waals surface area (Å²) in [6, 6.07) is 4.88. The van der Waals surface area contributed by atoms with Gasteiger partial charge in [0.1, 0.15) is 0 Å². The van der Waals surface area contributed by atoms with Gasteiger partial charge in [0.2, 0.25) is 0 Å². The summed E-state index contributed by atoms with van der Waals surface area (Å²) >= 11 is 1.82. The van der Waals surface area contributed by atoms with E-state index in [0.717, 1.165) is 25.7 Å². The van der Waals surface area contributed by atoms with Crippen LogP contribution in [0, 0.1) is 11.3 Å². The van der Waals surface area contributed by atoms with E-state index in [1.54, 1.807) is 0 Å². The van der Waals surface area contributed by atoms with Crippen molar-refractivity contribution in [1.29, 1.82) is 0 Å². The van der Waals surface area contributed by atoms with E-state index in [0.29, 0.717) is 29.4 Å². The highest BCUT2D eigenvalue weighted by molar-refractivity contribution is 14.0. The monoisotopic (exact) mass is 475 g/mol. The molecule has 2 aliphatic carbocycles. The van der Waals surface area contributed by atoms with Crippen molar-refractivity contribution in [3.05, 3.63) is 22.4 Å². The van der Waals surface area contributed by atoms with Gasteiger partial charge in [0.25, 0.3) is 0 Å². The Morgan fingerprint density at radius 2 is 2.32 bits per heavy atom. The third kappa shape index (κ3) is 3.46. The second kappa shape index (κ2) is 8.13. The molecule has 4 atom stereocenters. The van der Waals surface area contributed by atoms with Crippen molar-refractivity contribution in [3.63, 3.8) is 0 Å². The van der Waals surface area contributed by atoms with Crippen LogP contribution in [0.2, 0.25) is 0 Å². The van der Waals surface area contributed by atoms with Crippen LogP contribution in [0.25, 0.3) is 0 Å². The van der Waals surface area contributed by atoms with Crippen molar-refractivity contribution in [3.8, 4) is 0 Å². The highest BCUT2D eigenvalue weighted by atomic mass is 127. The Balaban J connectivity index is 0.00000182. The van der Waals surface area contributed by atoms with Crippen molar-refractivity contribution < 1.29 is 4.74 Å². The molecule has 0 aromatic carbocycles. The van der Waals surface area contributed by atoms with Gasteiger partial charge < -0.3 is 15.4 Å². The smallest absolute Gasteiger partial charge is 0.191 e. The Morgan fingerprint density at radius 1 is 1.48 bits per heavy atom. The number of nitrogens with zero attached hydrogens (tertiary/aromatic N) is 1. The molecule has 3 fully saturated rings. The predicted molar refractivity (Wildman–Crippen MR) is 115 cm³/mol. The first-order valence-corrected chi connectivity index (χ1v) is 10.3. The minimum Gasteiger partial charge on any atom is -0.377 e. The van der Waals surface area contributed by atoms with Crippen molar-refractivity contribution in [1.82, 2.24) is 10.6 Å². The van der Waals surface area contributed by atoms with Gasteiger partial charge in [0.15, 0.2) is 5.96 Å². The van der Waals surface area contributed by atoms with E-state index in [1.165, 1.54) is 30.6 Å². The molecule has 1 saturated heterocycles. The van der Waals surface area contributed by atoms with Crippen molar-refractivity contribution >= 4 is 41.3 Å². The zero-order valence-corrected chi connectivity index (χ0v) is 18.3. The quantitative estimate of drug-likeness (QED) is 0.385. The Labute approximate surface area is 172 Å². The minimum atomic E-state index is 0. The number of rotatable bonds is 5. The molecule has 0 bridgehead atoms. The zero-order chi connectivity index (χ0) is 16.6. The Hall–Kier alpha value is -0.340. The molecule has 1 spiro atoms. The first-order valence-electron chi connectivity index (χ1n) is 9.44. The maximum Gasteiger partial charge on any atom is 0.191 e. The molecule has 4 unspecified atom stereocenters. The van der Waals surface area contributed by atoms with E-state index in [4.69, 9.17) is 9.73 Å². The Morgan fingerprint density at radius 3 is 2.96 bits per heavy atom. The lowest BCUT2D eigenvalue weighted by Crippen LogP contribution is -2.72. The van der Waals surface area contributed by atoms with Crippen LogP contribution in [-0.2, 0) is 4.74 Å². The van der Waals surface area contributed by atoms with E-state index >= 15 is 0 Å². The normalized spacial score (nSPS) is 30.6. The van der Waals surface area contributed by atoms with Crippen molar-refractivity contribution in [2.45, 2.75) is 57.6 Å². The van der Waals surface area contributed by atoms with Gasteiger partial charge in [-0.3, -0.25) is 4.99 Å². The molecule has 2 heterocycles. The largest absolute Gasteiger partial charge is 0.377 e. The summed E-state index contributed by atoms with van der Waals surface area (Å²) in [5.41, 5.74) is 0.400. The van der Waals surface area contributed by atoms with Gasteiger partial charge >= 0.3 is 0 Å². The van der Waals surface area contributed by atoms with Gasteiger partial charge in [-0.1, -0.05) is 19.4 Å². The van der Waals surface area contributed by atoms with Crippen LogP contribution in [0.3, 0.4) is 0 Å². The summed E-state index contributed by atoms with van der Waals surface area (Å²) in [4.78, 5) is 6.30. The molecule has 6 heteroatoms. The summed E-state index contributed by atoms with van der Waals surface area (Å²) < 4.78 is 6.03. The molecular weight excluding hydrogens is 445 g/mol. The molecule has 2 N–H and O–H groups in total. The van der Waals surface area contributed by atoms with E-state index in [2.05, 4.69) is 42.0 Å². The number of thiophene rings is 1. The highest BCUT2D eigenvalue weighted by Crippen LogP contribution is 2.62. The van der Waals surface area contributed by atoms with Crippen LogP contribution < -0.4 is 10.6 Å². The van der Waals surface area contributed by atoms with Gasteiger partial charge in [-0.15, -0.1) is 35.3 Å². The predicted octanol–water partition coefficient (Wildman–Crippen LogP) is 3.98. The number of fused-ring (bicyclic) bond motifs is 2. The van der Waals surface area contributed by atoms with E-state index in [9.17, 15) is 0 Å². The molecule has 1 aromatic heterocycles. The fourth-order valence-electron chi connectivity index (χ4n) is 4.81. The second-order valence-electron chi connectivity index (χ2n) is 7.59. The minimum absolute atomic E-state index is 0. The second-order valence-corrected chi connectivity index (χ2v) is 8.57. The van der Waals surface area contributed by atoms with Crippen molar-refractivity contribution in [2.24, 2.45) is 16.3 Å². The molecule has 140 valence electrons. The number of halogens is 1. The number of ether oxygens (including phenoxy) is 1. The number of hydrogen-bond acceptors (Lipinski definition) is 3. The molecule has 0 amide bonds. The topological polar surface area (TPSA) is 45.7 Å². The van der Waals surface area contributed by atoms with E-state index in [-0.39, 0.29) is 24.0 Å². The fraction of sp³-hybridized carbons (Fsp3) is 0.737. The van der Waals surface area contributed by atoms with E-state index < -0.39 is 0 Å². The average Bonchev–Trinajstić information content (AvgIpc) is 3.18. The maximum absolute atomic E-state index is 6.03. The Kier molecular flexibility index (Phi) is 6.31. The zero-order valence-electron chi connectivity index (χ0n) is 15.2. The lowest BCUT2D eigenvalue weighted by molar-refractivity contribution is -0.171. The SMILES string of the molecule is CCNC(=NCC(C)c1cccs1)NC1C2CCOC2C12CCC2.I. The molecule has 4 nitrogen and oxygen atoms in total. The van der Waals surface area contributed by atoms with Crippen molar-refractivity contribution in [2.75, 3.05) is 19.7 Å². The summed E-state index contributed by atoms with van der Waals surface area (Å²) in [7, 11) is 0. The lowest BCUT2D eigenvalue weighted by Gasteiger charge is -2.63. The molecule has 2 saturated carbocycles. The summed E-state index contributed by atoms with van der Waals surface area (Å²) in [5.74, 6) is 2.15. The third-order valence-corrected chi connectivity index (χ3v) is 7.33. The summed E-state index contributed by atoms with van der Waals surface area (Å²) in [6.07, 6.45) is 5.70. The first-order chi connectivity index (χ1) is 11.7. The molecule has 1 aromatic rings. The fourth-order valence-corrected chi connectivity index (χ4v) is 5.59. The summed E-state index contributed by atoms with van der Waals surface area (Å²) in [6.45, 7) is 7.08. The summed E-state index contributed by atoms with van der Waals surface area (Å²) in [5, 5.41) is 9.38. The average molecular weight is 475 g/mol. The van der Waals surface area contributed by atoms with Gasteiger partial charge in [0.05, 0.1) is 12.6 Å². The number of hydrogen-bond donors (Lipinski definition) is 2. The third-order valence-electron chi connectivity index (χ3n) is 6.22. The lowest BCUT2D eigenvalue weighted by atomic mass is 9.46. The molecule has 25 heavy (non-hydrogen) atoms. The molecule has 0 radical (unpaired) electrons. The number of aliphatic imine (C=N–C) groups is 1. The molecule has 3 aliphatic rings. The standard InChI is InChI=1S/C19H29N3OS.HI/c1-3-20-18(21-12-13(2)15-6-4-11-24-15)22-16-14-7-10-23-17(14)19(16)8-5-9-19;/h4,6,11,13-14,16-17H,3,5,7-10,12H2,1-2H3,(H2,20,21,22);1H. The van der Waals surface area contributed by atoms with Gasteiger partial charge in [-0.05, 0) is 37.6 Å². The van der Waals surface area contributed by atoms with Crippen LogP contribution in [-0.4, -0.2) is 37.8 Å². The molecular formula is C19H30IN3OS. The maximum atomic E-state index is 6.03. The number of guanidine groups is 1. The van der Waals surface area contributed by atoms with Crippen LogP contribution in [0.4, 0.5) is 0 Å². The van der Waals surface area contributed by atoms with Gasteiger partial charge in [-0.2, -0.15) is 0 Å². The molecule has 4 rings (SSSR count). The Bertz CT molecular complexity index is 587. The van der Waals surface area contributed by atoms with Crippen LogP contribution >= 0.6 is 35.3 Å².